The molecule has 0 aromatic carbocycles. The minimum absolute atomic E-state index is 0.103. The summed E-state index contributed by atoms with van der Waals surface area (Å²) in [5, 5.41) is 0. The highest BCUT2D eigenvalue weighted by molar-refractivity contribution is 5.71. The van der Waals surface area contributed by atoms with Gasteiger partial charge in [-0.05, 0) is 89.9 Å². The van der Waals surface area contributed by atoms with Crippen molar-refractivity contribution in [2.75, 3.05) is 13.2 Å². The molecule has 0 N–H and O–H groups in total. The lowest BCUT2D eigenvalue weighted by Crippen LogP contribution is -2.30. The summed E-state index contributed by atoms with van der Waals surface area (Å²) in [6, 6.07) is 0. The molecule has 0 aromatic rings. The first-order valence-electron chi connectivity index (χ1n) is 23.3. The second-order valence-corrected chi connectivity index (χ2v) is 15.0. The lowest BCUT2D eigenvalue weighted by Gasteiger charge is -2.18. The highest BCUT2D eigenvalue weighted by Gasteiger charge is 2.19. The quantitative estimate of drug-likeness (QED) is 0.0202. The Labute approximate surface area is 356 Å². The van der Waals surface area contributed by atoms with E-state index >= 15 is 0 Å². The summed E-state index contributed by atoms with van der Waals surface area (Å²) in [7, 11) is 0. The van der Waals surface area contributed by atoms with Crippen LogP contribution in [0, 0.1) is 0 Å². The maximum atomic E-state index is 12.7. The number of carbonyl (C=O) groups excluding carboxylic acids is 3. The van der Waals surface area contributed by atoms with Crippen molar-refractivity contribution < 1.29 is 28.6 Å². The van der Waals surface area contributed by atoms with E-state index in [4.69, 9.17) is 14.2 Å². The first-order chi connectivity index (χ1) is 28.5. The first kappa shape index (κ1) is 54.3. The Morgan fingerprint density at radius 3 is 1.28 bits per heavy atom. The molecule has 1 unspecified atom stereocenters. The summed E-state index contributed by atoms with van der Waals surface area (Å²) in [4.78, 5) is 37.8. The molecule has 6 heteroatoms. The second kappa shape index (κ2) is 46.0. The van der Waals surface area contributed by atoms with Crippen LogP contribution < -0.4 is 0 Å². The van der Waals surface area contributed by atoms with Crippen molar-refractivity contribution in [3.05, 3.63) is 97.2 Å². The van der Waals surface area contributed by atoms with Crippen LogP contribution in [-0.4, -0.2) is 37.2 Å². The summed E-state index contributed by atoms with van der Waals surface area (Å²) >= 11 is 0. The molecule has 6 nitrogen and oxygen atoms in total. The minimum Gasteiger partial charge on any atom is -0.462 e. The average molecular weight is 805 g/mol. The van der Waals surface area contributed by atoms with Crippen LogP contribution in [0.4, 0.5) is 0 Å². The van der Waals surface area contributed by atoms with Gasteiger partial charge in [-0.2, -0.15) is 0 Å². The predicted octanol–water partition coefficient (Wildman–Crippen LogP) is 15.0. The van der Waals surface area contributed by atoms with E-state index in [1.807, 2.05) is 0 Å². The monoisotopic (exact) mass is 805 g/mol. The molecule has 0 aliphatic carbocycles. The van der Waals surface area contributed by atoms with Crippen molar-refractivity contribution in [3.8, 4) is 0 Å². The number of hydrogen-bond donors (Lipinski definition) is 0. The van der Waals surface area contributed by atoms with Gasteiger partial charge in [0.2, 0.25) is 0 Å². The molecule has 0 fully saturated rings. The van der Waals surface area contributed by atoms with Gasteiger partial charge in [0.05, 0.1) is 0 Å². The highest BCUT2D eigenvalue weighted by Crippen LogP contribution is 2.13. The fraction of sp³-hybridized carbons (Fsp3) is 0.635. The number of ether oxygens (including phenoxy) is 3. The number of rotatable bonds is 40. The Morgan fingerprint density at radius 2 is 0.759 bits per heavy atom. The van der Waals surface area contributed by atoms with E-state index in [2.05, 4.69) is 118 Å². The van der Waals surface area contributed by atoms with Crippen LogP contribution in [0.5, 0.6) is 0 Å². The van der Waals surface area contributed by atoms with Gasteiger partial charge in [-0.1, -0.05) is 182 Å². The van der Waals surface area contributed by atoms with Crippen LogP contribution >= 0.6 is 0 Å². The van der Waals surface area contributed by atoms with Gasteiger partial charge >= 0.3 is 17.9 Å². The topological polar surface area (TPSA) is 78.9 Å². The van der Waals surface area contributed by atoms with Crippen LogP contribution in [0.2, 0.25) is 0 Å². The van der Waals surface area contributed by atoms with Gasteiger partial charge in [-0.15, -0.1) is 0 Å². The molecule has 0 rings (SSSR count). The van der Waals surface area contributed by atoms with Crippen molar-refractivity contribution in [2.24, 2.45) is 0 Å². The van der Waals surface area contributed by atoms with Crippen molar-refractivity contribution in [1.29, 1.82) is 0 Å². The third-order valence-electron chi connectivity index (χ3n) is 9.39. The van der Waals surface area contributed by atoms with Crippen LogP contribution in [0.15, 0.2) is 97.2 Å². The summed E-state index contributed by atoms with van der Waals surface area (Å²) in [6.45, 7) is 6.26. The van der Waals surface area contributed by atoms with E-state index in [9.17, 15) is 14.4 Å². The lowest BCUT2D eigenvalue weighted by atomic mass is 10.1. The minimum atomic E-state index is -0.804. The Balaban J connectivity index is 4.48. The Kier molecular flexibility index (Phi) is 43.1. The maximum Gasteiger partial charge on any atom is 0.306 e. The van der Waals surface area contributed by atoms with E-state index < -0.39 is 6.10 Å². The van der Waals surface area contributed by atoms with Gasteiger partial charge in [0.15, 0.2) is 6.10 Å². The van der Waals surface area contributed by atoms with Crippen molar-refractivity contribution in [3.63, 3.8) is 0 Å². The normalized spacial score (nSPS) is 12.9. The molecular formula is C52H84O6. The van der Waals surface area contributed by atoms with E-state index in [0.717, 1.165) is 116 Å². The smallest absolute Gasteiger partial charge is 0.306 e. The van der Waals surface area contributed by atoms with E-state index in [0.29, 0.717) is 19.3 Å². The van der Waals surface area contributed by atoms with E-state index in [1.165, 1.54) is 38.5 Å². The Morgan fingerprint density at radius 1 is 0.379 bits per heavy atom. The predicted molar refractivity (Wildman–Crippen MR) is 247 cm³/mol. The first-order valence-corrected chi connectivity index (χ1v) is 23.3. The van der Waals surface area contributed by atoms with E-state index in [-0.39, 0.29) is 31.1 Å². The molecule has 0 saturated heterocycles. The second-order valence-electron chi connectivity index (χ2n) is 15.0. The van der Waals surface area contributed by atoms with Crippen LogP contribution in [-0.2, 0) is 28.6 Å². The van der Waals surface area contributed by atoms with Gasteiger partial charge in [-0.25, -0.2) is 0 Å². The zero-order valence-corrected chi connectivity index (χ0v) is 37.3. The lowest BCUT2D eigenvalue weighted by molar-refractivity contribution is -0.167. The molecule has 58 heavy (non-hydrogen) atoms. The van der Waals surface area contributed by atoms with Gasteiger partial charge < -0.3 is 14.2 Å². The molecular weight excluding hydrogens is 721 g/mol. The van der Waals surface area contributed by atoms with Crippen molar-refractivity contribution >= 4 is 17.9 Å². The Hall–Kier alpha value is -3.67. The number of carbonyl (C=O) groups is 3. The molecule has 1 atom stereocenters. The van der Waals surface area contributed by atoms with Crippen molar-refractivity contribution in [2.45, 2.75) is 200 Å². The summed E-state index contributed by atoms with van der Waals surface area (Å²) < 4.78 is 16.7. The number of allylic oxidation sites excluding steroid dienone is 16. The standard InChI is InChI=1S/C52H84O6/c1-4-7-10-13-16-19-22-24-26-28-30-33-36-39-42-45-51(54)57-48-49(47-56-50(53)44-41-38-35-32-29-21-18-15-12-9-6-3)58-52(55)46-43-40-37-34-31-27-25-23-20-17-14-11-8-5-2/h7-8,10-11,13,15-22,25,27,29,49H,4-6,9,12,14,23-24,26,28,30-48H2,1-3H3/b10-7-,11-8-,16-13-,18-15-,20-17-,22-19-,27-25-,29-21-. The average Bonchev–Trinajstić information content (AvgIpc) is 3.22. The maximum absolute atomic E-state index is 12.7. The molecule has 0 radical (unpaired) electrons. The zero-order chi connectivity index (χ0) is 42.3. The van der Waals surface area contributed by atoms with Gasteiger partial charge in [0.25, 0.3) is 0 Å². The zero-order valence-electron chi connectivity index (χ0n) is 37.3. The molecule has 0 bridgehead atoms. The summed E-state index contributed by atoms with van der Waals surface area (Å²) in [5.74, 6) is -0.975. The van der Waals surface area contributed by atoms with Crippen LogP contribution in [0.1, 0.15) is 194 Å². The van der Waals surface area contributed by atoms with Crippen molar-refractivity contribution in [1.82, 2.24) is 0 Å². The fourth-order valence-corrected chi connectivity index (χ4v) is 5.90. The molecule has 0 aliphatic rings. The number of unbranched alkanes of at least 4 members (excludes halogenated alkanes) is 16. The Bertz CT molecular complexity index is 1200. The molecule has 0 spiro atoms. The molecule has 0 heterocycles. The third kappa shape index (κ3) is 43.5. The molecule has 0 aliphatic heterocycles. The number of hydrogen-bond acceptors (Lipinski definition) is 6. The largest absolute Gasteiger partial charge is 0.462 e. The SMILES string of the molecule is CC\C=C/C=C\C=C/CCCCCCCCCC(=O)OCC(COC(=O)CCCCC/C=C\C=C/CCCC)OC(=O)CCCCCC/C=C\C/C=C\C/C=C\CC. The van der Waals surface area contributed by atoms with E-state index in [1.54, 1.807) is 0 Å². The van der Waals surface area contributed by atoms with Gasteiger partial charge in [0, 0.05) is 19.3 Å². The molecule has 328 valence electrons. The summed E-state index contributed by atoms with van der Waals surface area (Å²) in [6.07, 6.45) is 59.6. The highest BCUT2D eigenvalue weighted by atomic mass is 16.6. The third-order valence-corrected chi connectivity index (χ3v) is 9.39. The van der Waals surface area contributed by atoms with Crippen LogP contribution in [0.25, 0.3) is 0 Å². The number of esters is 3. The molecule has 0 amide bonds. The fourth-order valence-electron chi connectivity index (χ4n) is 5.90. The molecule has 0 aromatic heterocycles. The van der Waals surface area contributed by atoms with Crippen LogP contribution in [0.3, 0.4) is 0 Å². The molecule has 0 saturated carbocycles. The summed E-state index contributed by atoms with van der Waals surface area (Å²) in [5.41, 5.74) is 0. The van der Waals surface area contributed by atoms with Gasteiger partial charge in [-0.3, -0.25) is 14.4 Å². The van der Waals surface area contributed by atoms with Gasteiger partial charge in [0.1, 0.15) is 13.2 Å².